The summed E-state index contributed by atoms with van der Waals surface area (Å²) in [7, 11) is 3.12. The van der Waals surface area contributed by atoms with Crippen LogP contribution in [-0.4, -0.2) is 25.0 Å². The largest absolute Gasteiger partial charge is 0.496 e. The van der Waals surface area contributed by atoms with Gasteiger partial charge in [-0.2, -0.15) is 0 Å². The van der Waals surface area contributed by atoms with Crippen LogP contribution < -0.4 is 19.9 Å². The van der Waals surface area contributed by atoms with Crippen LogP contribution in [0.25, 0.3) is 0 Å². The number of amidine groups is 1. The molecule has 3 N–H and O–H groups in total. The highest BCUT2D eigenvalue weighted by Crippen LogP contribution is 2.31. The Morgan fingerprint density at radius 2 is 1.67 bits per heavy atom. The van der Waals surface area contributed by atoms with Crippen molar-refractivity contribution in [2.75, 3.05) is 14.2 Å². The smallest absolute Gasteiger partial charge is 0.230 e. The molecule has 21 heavy (non-hydrogen) atoms. The molecule has 0 saturated heterocycles. The first-order valence-electron chi connectivity index (χ1n) is 6.26. The van der Waals surface area contributed by atoms with E-state index in [4.69, 9.17) is 25.4 Å². The molecule has 0 fully saturated rings. The molecule has 0 aliphatic rings. The SMILES string of the molecule is COc1cc(OC)cc(Oc2nccc(C)c2C(=N)N)c1. The van der Waals surface area contributed by atoms with Crippen molar-refractivity contribution in [3.63, 3.8) is 0 Å². The Labute approximate surface area is 123 Å². The molecular formula is C15H17N3O3. The predicted octanol–water partition coefficient (Wildman–Crippen LogP) is 2.48. The van der Waals surface area contributed by atoms with Crippen LogP contribution >= 0.6 is 0 Å². The Morgan fingerprint density at radius 3 is 2.19 bits per heavy atom. The topological polar surface area (TPSA) is 90.5 Å². The fraction of sp³-hybridized carbons (Fsp3) is 0.200. The van der Waals surface area contributed by atoms with Crippen LogP contribution in [0.1, 0.15) is 11.1 Å². The zero-order valence-corrected chi connectivity index (χ0v) is 12.1. The van der Waals surface area contributed by atoms with Gasteiger partial charge in [0.2, 0.25) is 5.88 Å². The second kappa shape index (κ2) is 6.13. The van der Waals surface area contributed by atoms with Gasteiger partial charge in [-0.05, 0) is 18.6 Å². The van der Waals surface area contributed by atoms with Crippen molar-refractivity contribution in [1.29, 1.82) is 5.41 Å². The van der Waals surface area contributed by atoms with Crippen molar-refractivity contribution in [2.45, 2.75) is 6.92 Å². The molecule has 1 heterocycles. The van der Waals surface area contributed by atoms with E-state index >= 15 is 0 Å². The number of nitrogens with one attached hydrogen (secondary N) is 1. The molecule has 0 spiro atoms. The van der Waals surface area contributed by atoms with Crippen LogP contribution in [0.4, 0.5) is 0 Å². The molecule has 6 heteroatoms. The van der Waals surface area contributed by atoms with Crippen LogP contribution in [0.3, 0.4) is 0 Å². The van der Waals surface area contributed by atoms with Gasteiger partial charge in [0.15, 0.2) is 0 Å². The van der Waals surface area contributed by atoms with E-state index in [2.05, 4.69) is 4.98 Å². The number of nitrogens with zero attached hydrogens (tertiary/aromatic N) is 1. The number of nitrogens with two attached hydrogens (primary N) is 1. The first-order valence-corrected chi connectivity index (χ1v) is 6.26. The molecule has 1 aromatic carbocycles. The zero-order valence-electron chi connectivity index (χ0n) is 12.1. The third kappa shape index (κ3) is 3.22. The minimum absolute atomic E-state index is 0.0922. The van der Waals surface area contributed by atoms with E-state index in [9.17, 15) is 0 Å². The van der Waals surface area contributed by atoms with Gasteiger partial charge in [-0.3, -0.25) is 5.41 Å². The Bertz CT molecular complexity index is 649. The van der Waals surface area contributed by atoms with Gasteiger partial charge in [0.1, 0.15) is 23.1 Å². The van der Waals surface area contributed by atoms with Gasteiger partial charge in [0.05, 0.1) is 19.8 Å². The lowest BCUT2D eigenvalue weighted by molar-refractivity contribution is 0.385. The number of aryl methyl sites for hydroxylation is 1. The van der Waals surface area contributed by atoms with E-state index < -0.39 is 0 Å². The highest BCUT2D eigenvalue weighted by atomic mass is 16.5. The van der Waals surface area contributed by atoms with Crippen molar-refractivity contribution in [3.05, 3.63) is 41.6 Å². The maximum absolute atomic E-state index is 7.65. The summed E-state index contributed by atoms with van der Waals surface area (Å²) in [6.07, 6.45) is 1.61. The highest BCUT2D eigenvalue weighted by molar-refractivity contribution is 5.98. The Hall–Kier alpha value is -2.76. The molecular weight excluding hydrogens is 270 g/mol. The number of hydrogen-bond acceptors (Lipinski definition) is 5. The number of rotatable bonds is 5. The summed E-state index contributed by atoms with van der Waals surface area (Å²) < 4.78 is 16.1. The highest BCUT2D eigenvalue weighted by Gasteiger charge is 2.13. The fourth-order valence-corrected chi connectivity index (χ4v) is 1.89. The summed E-state index contributed by atoms with van der Waals surface area (Å²) in [5.74, 6) is 1.87. The molecule has 110 valence electrons. The van der Waals surface area contributed by atoms with Crippen molar-refractivity contribution in [3.8, 4) is 23.1 Å². The quantitative estimate of drug-likeness (QED) is 0.651. The van der Waals surface area contributed by atoms with Crippen LogP contribution in [-0.2, 0) is 0 Å². The van der Waals surface area contributed by atoms with Crippen molar-refractivity contribution in [1.82, 2.24) is 4.98 Å². The first kappa shape index (κ1) is 14.6. The molecule has 0 bridgehead atoms. The third-order valence-corrected chi connectivity index (χ3v) is 2.93. The van der Waals surface area contributed by atoms with Gasteiger partial charge in [-0.25, -0.2) is 4.98 Å². The molecule has 2 rings (SSSR count). The Kier molecular flexibility index (Phi) is 4.27. The van der Waals surface area contributed by atoms with Gasteiger partial charge in [-0.1, -0.05) is 0 Å². The second-order valence-corrected chi connectivity index (χ2v) is 4.37. The summed E-state index contributed by atoms with van der Waals surface area (Å²) in [6.45, 7) is 1.84. The Balaban J connectivity index is 2.43. The van der Waals surface area contributed by atoms with Crippen molar-refractivity contribution >= 4 is 5.84 Å². The fourth-order valence-electron chi connectivity index (χ4n) is 1.89. The minimum atomic E-state index is -0.0922. The minimum Gasteiger partial charge on any atom is -0.496 e. The number of pyridine rings is 1. The number of methoxy groups -OCH3 is 2. The van der Waals surface area contributed by atoms with Crippen LogP contribution in [0.15, 0.2) is 30.5 Å². The molecule has 1 aromatic heterocycles. The van der Waals surface area contributed by atoms with Gasteiger partial charge in [0, 0.05) is 24.4 Å². The zero-order chi connectivity index (χ0) is 15.4. The number of benzene rings is 1. The number of ether oxygens (including phenoxy) is 3. The van der Waals surface area contributed by atoms with Crippen LogP contribution in [0, 0.1) is 12.3 Å². The van der Waals surface area contributed by atoms with Gasteiger partial charge >= 0.3 is 0 Å². The van der Waals surface area contributed by atoms with Gasteiger partial charge in [0.25, 0.3) is 0 Å². The van der Waals surface area contributed by atoms with Gasteiger partial charge < -0.3 is 19.9 Å². The van der Waals surface area contributed by atoms with E-state index in [0.29, 0.717) is 22.8 Å². The third-order valence-electron chi connectivity index (χ3n) is 2.93. The summed E-state index contributed by atoms with van der Waals surface area (Å²) in [4.78, 5) is 4.14. The van der Waals surface area contributed by atoms with E-state index in [1.807, 2.05) is 6.92 Å². The molecule has 0 aliphatic carbocycles. The maximum Gasteiger partial charge on any atom is 0.230 e. The van der Waals surface area contributed by atoms with E-state index in [-0.39, 0.29) is 11.7 Å². The second-order valence-electron chi connectivity index (χ2n) is 4.37. The molecule has 6 nitrogen and oxygen atoms in total. The van der Waals surface area contributed by atoms with Crippen molar-refractivity contribution in [2.24, 2.45) is 5.73 Å². The van der Waals surface area contributed by atoms with Crippen LogP contribution in [0.2, 0.25) is 0 Å². The first-order chi connectivity index (χ1) is 10.0. The summed E-state index contributed by atoms with van der Waals surface area (Å²) >= 11 is 0. The molecule has 0 aliphatic heterocycles. The van der Waals surface area contributed by atoms with E-state index in [0.717, 1.165) is 5.56 Å². The van der Waals surface area contributed by atoms with Gasteiger partial charge in [-0.15, -0.1) is 0 Å². The number of nitrogen functional groups attached to an aromatic ring is 1. The Morgan fingerprint density at radius 1 is 1.10 bits per heavy atom. The lowest BCUT2D eigenvalue weighted by Gasteiger charge is -2.13. The van der Waals surface area contributed by atoms with E-state index in [1.165, 1.54) is 0 Å². The van der Waals surface area contributed by atoms with Crippen molar-refractivity contribution < 1.29 is 14.2 Å². The molecule has 2 aromatic rings. The summed E-state index contributed by atoms with van der Waals surface area (Å²) in [6, 6.07) is 6.92. The molecule has 0 atom stereocenters. The molecule has 0 amide bonds. The average molecular weight is 287 g/mol. The average Bonchev–Trinajstić information content (AvgIpc) is 2.46. The molecule has 0 radical (unpaired) electrons. The predicted molar refractivity (Wildman–Crippen MR) is 79.6 cm³/mol. The lowest BCUT2D eigenvalue weighted by Crippen LogP contribution is -2.14. The van der Waals surface area contributed by atoms with Crippen LogP contribution in [0.5, 0.6) is 23.1 Å². The summed E-state index contributed by atoms with van der Waals surface area (Å²) in [5.41, 5.74) is 6.89. The maximum atomic E-state index is 7.65. The standard InChI is InChI=1S/C15H17N3O3/c1-9-4-5-18-15(13(9)14(16)17)21-12-7-10(19-2)6-11(8-12)20-3/h4-8H,1-3H3,(H3,16,17). The molecule has 0 unspecified atom stereocenters. The normalized spacial score (nSPS) is 10.0. The summed E-state index contributed by atoms with van der Waals surface area (Å²) in [5, 5.41) is 7.65. The monoisotopic (exact) mass is 287 g/mol. The lowest BCUT2D eigenvalue weighted by atomic mass is 10.1. The number of aromatic nitrogens is 1. The molecule has 0 saturated carbocycles. The number of hydrogen-bond donors (Lipinski definition) is 2. The van der Waals surface area contributed by atoms with E-state index in [1.54, 1.807) is 44.7 Å².